The lowest BCUT2D eigenvalue weighted by Gasteiger charge is -2.06. The first-order valence-corrected chi connectivity index (χ1v) is 7.76. The third-order valence-electron chi connectivity index (χ3n) is 4.26. The molecule has 0 radical (unpaired) electrons. The first-order valence-electron chi connectivity index (χ1n) is 7.76. The molecule has 0 aliphatic heterocycles. The monoisotopic (exact) mass is 286 g/mol. The van der Waals surface area contributed by atoms with Crippen LogP contribution in [0.2, 0.25) is 0 Å². The van der Waals surface area contributed by atoms with Crippen LogP contribution in [0, 0.1) is 5.92 Å². The molecule has 0 saturated heterocycles. The van der Waals surface area contributed by atoms with Crippen LogP contribution in [0.25, 0.3) is 24.3 Å². The average Bonchev–Trinajstić information content (AvgIpc) is 2.70. The summed E-state index contributed by atoms with van der Waals surface area (Å²) in [6.07, 6.45) is 17.4. The molecule has 0 fully saturated rings. The molecule has 4 rings (SSSR count). The quantitative estimate of drug-likeness (QED) is 0.775. The van der Waals surface area contributed by atoms with Crippen LogP contribution in [0.4, 0.5) is 0 Å². The van der Waals surface area contributed by atoms with E-state index >= 15 is 0 Å². The second-order valence-electron chi connectivity index (χ2n) is 5.89. The van der Waals surface area contributed by atoms with Gasteiger partial charge in [0.15, 0.2) is 0 Å². The Labute approximate surface area is 130 Å². The molecule has 1 unspecified atom stereocenters. The first kappa shape index (κ1) is 13.1. The van der Waals surface area contributed by atoms with E-state index < -0.39 is 0 Å². The molecule has 1 heteroatoms. The van der Waals surface area contributed by atoms with E-state index in [-0.39, 0.29) is 5.92 Å². The number of rotatable bonds is 1. The van der Waals surface area contributed by atoms with Crippen molar-refractivity contribution in [1.29, 1.82) is 0 Å². The molecular weight excluding hydrogens is 268 g/mol. The van der Waals surface area contributed by atoms with Gasteiger partial charge in [-0.2, -0.15) is 0 Å². The fourth-order valence-electron chi connectivity index (χ4n) is 3.01. The van der Waals surface area contributed by atoms with Crippen LogP contribution in [0.3, 0.4) is 0 Å². The summed E-state index contributed by atoms with van der Waals surface area (Å²) in [6.45, 7) is 2.18. The summed E-state index contributed by atoms with van der Waals surface area (Å²) in [6, 6.07) is 10.5. The highest BCUT2D eigenvalue weighted by atomic mass is 16.3. The Bertz CT molecular complexity index is 891. The molecule has 1 nitrogen and oxygen atoms in total. The highest BCUT2D eigenvalue weighted by Gasteiger charge is 2.13. The average molecular weight is 286 g/mol. The van der Waals surface area contributed by atoms with Crippen LogP contribution in [-0.2, 0) is 0 Å². The van der Waals surface area contributed by atoms with Gasteiger partial charge in [0.25, 0.3) is 0 Å². The molecular formula is C21H18O. The normalized spacial score (nSPS) is 22.0. The van der Waals surface area contributed by atoms with Crippen LogP contribution in [-0.4, -0.2) is 0 Å². The Kier molecular flexibility index (Phi) is 3.19. The van der Waals surface area contributed by atoms with E-state index in [0.717, 1.165) is 11.2 Å². The van der Waals surface area contributed by atoms with Gasteiger partial charge in [0.2, 0.25) is 0 Å². The van der Waals surface area contributed by atoms with E-state index in [1.54, 1.807) is 0 Å². The first-order chi connectivity index (χ1) is 10.8. The smallest absolute Gasteiger partial charge is 0.135 e. The maximum Gasteiger partial charge on any atom is 0.135 e. The summed E-state index contributed by atoms with van der Waals surface area (Å²) in [4.78, 5) is 0. The summed E-state index contributed by atoms with van der Waals surface area (Å²) in [5.41, 5.74) is 3.43. The van der Waals surface area contributed by atoms with Gasteiger partial charge in [-0.05, 0) is 23.6 Å². The molecule has 0 amide bonds. The van der Waals surface area contributed by atoms with Crippen molar-refractivity contribution >= 4 is 24.3 Å². The number of fused-ring (bicyclic) bond motifs is 3. The number of hydrogen-bond donors (Lipinski definition) is 0. The highest BCUT2D eigenvalue weighted by molar-refractivity contribution is 5.68. The lowest BCUT2D eigenvalue weighted by molar-refractivity contribution is 0.519. The third-order valence-corrected chi connectivity index (χ3v) is 4.26. The molecule has 22 heavy (non-hydrogen) atoms. The lowest BCUT2D eigenvalue weighted by atomic mass is 9.99. The highest BCUT2D eigenvalue weighted by Crippen LogP contribution is 2.21. The zero-order chi connectivity index (χ0) is 14.9. The number of benzene rings is 1. The van der Waals surface area contributed by atoms with Gasteiger partial charge in [-0.25, -0.2) is 0 Å². The second-order valence-corrected chi connectivity index (χ2v) is 5.89. The van der Waals surface area contributed by atoms with Crippen molar-refractivity contribution < 1.29 is 4.42 Å². The minimum Gasteiger partial charge on any atom is -0.456 e. The molecule has 2 aliphatic rings. The minimum absolute atomic E-state index is 0.250. The predicted molar refractivity (Wildman–Crippen MR) is 92.4 cm³/mol. The summed E-state index contributed by atoms with van der Waals surface area (Å²) < 4.78 is 6.12. The van der Waals surface area contributed by atoms with Crippen molar-refractivity contribution in [3.63, 3.8) is 0 Å². The fourth-order valence-corrected chi connectivity index (χ4v) is 3.01. The van der Waals surface area contributed by atoms with E-state index in [0.29, 0.717) is 5.92 Å². The molecule has 0 spiro atoms. The molecule has 0 saturated carbocycles. The topological polar surface area (TPSA) is 13.1 Å². The van der Waals surface area contributed by atoms with E-state index in [1.165, 1.54) is 16.3 Å². The zero-order valence-electron chi connectivity index (χ0n) is 12.6. The van der Waals surface area contributed by atoms with Crippen LogP contribution in [0.5, 0.6) is 0 Å². The Morgan fingerprint density at radius 2 is 1.77 bits per heavy atom. The molecule has 1 aromatic heterocycles. The molecule has 0 N–H and O–H groups in total. The Morgan fingerprint density at radius 1 is 0.955 bits per heavy atom. The predicted octanol–water partition coefficient (Wildman–Crippen LogP) is 3.87. The standard InChI is InChI=1S/C21H18O/c1-15-10-12-19-18-9-5-8-17(16-6-3-2-4-7-16)14-21(18)22-20(19)13-11-15/h2-15,17H,1H3/t15-,17?/m1/s1. The van der Waals surface area contributed by atoms with Crippen LogP contribution in [0.1, 0.15) is 29.7 Å². The maximum atomic E-state index is 6.12. The van der Waals surface area contributed by atoms with Crippen molar-refractivity contribution in [2.75, 3.05) is 0 Å². The van der Waals surface area contributed by atoms with Crippen molar-refractivity contribution in [3.8, 4) is 0 Å². The summed E-state index contributed by atoms with van der Waals surface area (Å²) in [5, 5.41) is 1.18. The molecule has 1 heterocycles. The zero-order valence-corrected chi connectivity index (χ0v) is 12.6. The number of hydrogen-bond acceptors (Lipinski definition) is 1. The summed E-state index contributed by atoms with van der Waals surface area (Å²) in [7, 11) is 0. The third kappa shape index (κ3) is 2.29. The summed E-state index contributed by atoms with van der Waals surface area (Å²) >= 11 is 0. The van der Waals surface area contributed by atoms with Gasteiger partial charge in [-0.15, -0.1) is 0 Å². The van der Waals surface area contributed by atoms with Crippen LogP contribution < -0.4 is 10.6 Å². The van der Waals surface area contributed by atoms with Gasteiger partial charge in [0.1, 0.15) is 11.2 Å². The lowest BCUT2D eigenvalue weighted by Crippen LogP contribution is -2.21. The van der Waals surface area contributed by atoms with Gasteiger partial charge in [-0.1, -0.05) is 73.7 Å². The Morgan fingerprint density at radius 3 is 2.64 bits per heavy atom. The van der Waals surface area contributed by atoms with Crippen molar-refractivity contribution in [1.82, 2.24) is 0 Å². The Hall–Kier alpha value is -2.54. The van der Waals surface area contributed by atoms with Crippen molar-refractivity contribution in [2.45, 2.75) is 12.8 Å². The summed E-state index contributed by atoms with van der Waals surface area (Å²) in [5.74, 6) is 1.65. The number of allylic oxidation sites excluding steroid dienone is 4. The largest absolute Gasteiger partial charge is 0.456 e. The fraction of sp³-hybridized carbons (Fsp3) is 0.143. The van der Waals surface area contributed by atoms with E-state index in [4.69, 9.17) is 4.42 Å². The van der Waals surface area contributed by atoms with Gasteiger partial charge in [-0.3, -0.25) is 0 Å². The second kappa shape index (κ2) is 5.34. The SMILES string of the molecule is C[C@H]1C=Cc2oc3c(c2C=C1)=CC=CC(c1ccccc1)C=3. The van der Waals surface area contributed by atoms with Gasteiger partial charge in [0.05, 0.1) is 0 Å². The van der Waals surface area contributed by atoms with Crippen molar-refractivity contribution in [2.24, 2.45) is 5.92 Å². The van der Waals surface area contributed by atoms with Crippen molar-refractivity contribution in [3.05, 3.63) is 82.2 Å². The molecule has 1 aromatic carbocycles. The van der Waals surface area contributed by atoms with E-state index in [9.17, 15) is 0 Å². The Balaban J connectivity index is 1.88. The van der Waals surface area contributed by atoms with Gasteiger partial charge >= 0.3 is 0 Å². The minimum atomic E-state index is 0.250. The van der Waals surface area contributed by atoms with E-state index in [2.05, 4.69) is 79.8 Å². The molecule has 0 bridgehead atoms. The number of furan rings is 1. The van der Waals surface area contributed by atoms with Gasteiger partial charge < -0.3 is 4.42 Å². The molecule has 108 valence electrons. The molecule has 2 aliphatic carbocycles. The molecule has 2 aromatic rings. The molecule has 2 atom stereocenters. The van der Waals surface area contributed by atoms with Crippen LogP contribution >= 0.6 is 0 Å². The van der Waals surface area contributed by atoms with E-state index in [1.807, 2.05) is 6.07 Å². The van der Waals surface area contributed by atoms with Crippen LogP contribution in [0.15, 0.2) is 59.1 Å². The van der Waals surface area contributed by atoms with Gasteiger partial charge in [0, 0.05) is 16.7 Å². The maximum absolute atomic E-state index is 6.12.